The fourth-order valence-corrected chi connectivity index (χ4v) is 4.55. The Balaban J connectivity index is 0.000000243. The monoisotopic (exact) mass is 822 g/mol. The van der Waals surface area contributed by atoms with E-state index in [1.807, 2.05) is 38.1 Å². The third-order valence-electron chi connectivity index (χ3n) is 5.97. The minimum Gasteiger partial charge on any atom is -0.454 e. The van der Waals surface area contributed by atoms with Gasteiger partial charge in [0.2, 0.25) is 18.7 Å². The molecule has 0 amide bonds. The molecule has 0 fully saturated rings. The molecule has 52 heavy (non-hydrogen) atoms. The SMILES string of the molecule is Cc1ccc(S(=O)(=O)O)cc1.Cc1ccc(S(=O)(=O)O)cc1.N=C(N)N(O)/N=C/c1ccc(Br)cc1.N=C(N)N(O)/N=C/c1ccc2c(c1)OCO2. The van der Waals surface area contributed by atoms with Crippen LogP contribution in [0.5, 0.6) is 11.5 Å². The number of hydrazone groups is 2. The first-order chi connectivity index (χ1) is 24.3. The number of aryl methyl sites for hydroxylation is 2. The Morgan fingerprint density at radius 2 is 1.08 bits per heavy atom. The largest absolute Gasteiger partial charge is 0.454 e. The molecule has 0 radical (unpaired) electrons. The van der Waals surface area contributed by atoms with Crippen molar-refractivity contribution in [3.05, 3.63) is 118 Å². The van der Waals surface area contributed by atoms with Gasteiger partial charge in [0.15, 0.2) is 11.5 Å². The van der Waals surface area contributed by atoms with Crippen LogP contribution in [-0.2, 0) is 20.2 Å². The summed E-state index contributed by atoms with van der Waals surface area (Å²) in [6.45, 7) is 3.89. The van der Waals surface area contributed by atoms with Crippen LogP contribution in [0, 0.1) is 24.7 Å². The second kappa shape index (κ2) is 19.8. The molecule has 0 bridgehead atoms. The number of guanidine groups is 2. The number of hydrogen-bond donors (Lipinski definition) is 8. The van der Waals surface area contributed by atoms with Gasteiger partial charge in [-0.3, -0.25) is 30.3 Å². The summed E-state index contributed by atoms with van der Waals surface area (Å²) < 4.78 is 70.4. The average molecular weight is 824 g/mol. The van der Waals surface area contributed by atoms with Gasteiger partial charge >= 0.3 is 0 Å². The molecule has 278 valence electrons. The molecule has 21 heteroatoms. The van der Waals surface area contributed by atoms with Crippen LogP contribution >= 0.6 is 15.9 Å². The smallest absolute Gasteiger partial charge is 0.294 e. The van der Waals surface area contributed by atoms with Crippen LogP contribution in [0.3, 0.4) is 0 Å². The highest BCUT2D eigenvalue weighted by Crippen LogP contribution is 2.32. The van der Waals surface area contributed by atoms with Crippen LogP contribution < -0.4 is 20.9 Å². The van der Waals surface area contributed by atoms with Crippen molar-refractivity contribution in [1.82, 2.24) is 10.3 Å². The second-order valence-corrected chi connectivity index (χ2v) is 13.8. The molecule has 1 heterocycles. The molecule has 0 spiro atoms. The summed E-state index contributed by atoms with van der Waals surface area (Å²) in [5.74, 6) is 0.205. The first kappa shape index (κ1) is 42.7. The summed E-state index contributed by atoms with van der Waals surface area (Å²) in [6, 6.07) is 24.5. The number of hydrogen-bond acceptors (Lipinski definition) is 12. The van der Waals surface area contributed by atoms with Gasteiger partial charge in [-0.05, 0) is 79.6 Å². The lowest BCUT2D eigenvalue weighted by molar-refractivity contribution is -0.0141. The zero-order chi connectivity index (χ0) is 39.1. The van der Waals surface area contributed by atoms with Gasteiger partial charge in [0.1, 0.15) is 0 Å². The Kier molecular flexibility index (Phi) is 16.3. The van der Waals surface area contributed by atoms with E-state index in [4.69, 9.17) is 51.3 Å². The molecule has 1 aliphatic heterocycles. The molecule has 0 saturated heterocycles. The van der Waals surface area contributed by atoms with Crippen molar-refractivity contribution in [1.29, 1.82) is 10.8 Å². The number of rotatable bonds is 6. The zero-order valence-electron chi connectivity index (χ0n) is 27.4. The second-order valence-electron chi connectivity index (χ2n) is 10.1. The molecule has 10 N–H and O–H groups in total. The third-order valence-corrected chi connectivity index (χ3v) is 8.23. The number of hydroxylamine groups is 2. The Labute approximate surface area is 307 Å². The number of benzene rings is 4. The molecule has 0 aliphatic carbocycles. The number of halogens is 1. The molecule has 0 saturated carbocycles. The van der Waals surface area contributed by atoms with Crippen LogP contribution in [0.2, 0.25) is 0 Å². The normalized spacial score (nSPS) is 11.7. The van der Waals surface area contributed by atoms with E-state index in [0.29, 0.717) is 22.2 Å². The molecule has 0 atom stereocenters. The van der Waals surface area contributed by atoms with Crippen molar-refractivity contribution < 1.29 is 45.8 Å². The molecule has 4 aromatic carbocycles. The highest BCUT2D eigenvalue weighted by Gasteiger charge is 2.12. The number of nitrogens with two attached hydrogens (primary N) is 2. The Hall–Kier alpha value is -5.42. The summed E-state index contributed by atoms with van der Waals surface area (Å²) in [4.78, 5) is -0.133. The number of nitrogens with zero attached hydrogens (tertiary/aromatic N) is 4. The molecule has 1 aliphatic rings. The Bertz CT molecular complexity index is 2010. The highest BCUT2D eigenvalue weighted by molar-refractivity contribution is 9.10. The van der Waals surface area contributed by atoms with Gasteiger partial charge in [-0.1, -0.05) is 63.5 Å². The van der Waals surface area contributed by atoms with E-state index in [2.05, 4.69) is 26.1 Å². The van der Waals surface area contributed by atoms with Crippen LogP contribution in [0.1, 0.15) is 22.3 Å². The van der Waals surface area contributed by atoms with Crippen LogP contribution in [0.25, 0.3) is 0 Å². The fraction of sp³-hybridized carbons (Fsp3) is 0.0968. The molecular formula is C31H35BrN8O10S2. The number of fused-ring (bicyclic) bond motifs is 1. The number of ether oxygens (including phenoxy) is 2. The molecule has 18 nitrogen and oxygen atoms in total. The van der Waals surface area contributed by atoms with Crippen molar-refractivity contribution in [3.63, 3.8) is 0 Å². The summed E-state index contributed by atoms with van der Waals surface area (Å²) in [5.41, 5.74) is 13.4. The average Bonchev–Trinajstić information content (AvgIpc) is 3.55. The molecule has 5 rings (SSSR count). The standard InChI is InChI=1S/C9H10N4O3.C8H9BrN4O.2C7H8O3S/c10-9(11)13(14)12-4-6-1-2-7-8(3-6)16-5-15-7;9-7-3-1-6(2-4-7)5-12-13(14)8(10)11;2*1-6-2-4-7(5-3-6)11(8,9)10/h1-4,14H,5H2,(H3,10,11);1-5,14H,(H3,10,11);2*2-5H,1H3,(H,8,9,10)/b12-4+;12-5+;;. The molecular weight excluding hydrogens is 788 g/mol. The van der Waals surface area contributed by atoms with Crippen molar-refractivity contribution >= 4 is 60.5 Å². The van der Waals surface area contributed by atoms with Gasteiger partial charge in [-0.25, -0.2) is 0 Å². The van der Waals surface area contributed by atoms with E-state index < -0.39 is 32.2 Å². The predicted octanol–water partition coefficient (Wildman–Crippen LogP) is 4.18. The van der Waals surface area contributed by atoms with E-state index >= 15 is 0 Å². The lowest BCUT2D eigenvalue weighted by Crippen LogP contribution is -2.28. The van der Waals surface area contributed by atoms with E-state index in [1.54, 1.807) is 42.5 Å². The maximum atomic E-state index is 10.5. The van der Waals surface area contributed by atoms with Gasteiger partial charge in [0.05, 0.1) is 22.2 Å². The Morgan fingerprint density at radius 3 is 1.48 bits per heavy atom. The first-order valence-electron chi connectivity index (χ1n) is 14.2. The lowest BCUT2D eigenvalue weighted by atomic mass is 10.2. The number of nitrogens with one attached hydrogen (secondary N) is 2. The highest BCUT2D eigenvalue weighted by atomic mass is 79.9. The van der Waals surface area contributed by atoms with Crippen LogP contribution in [0.15, 0.2) is 115 Å². The quantitative estimate of drug-likeness (QED) is 0.0586. The van der Waals surface area contributed by atoms with E-state index in [-0.39, 0.29) is 21.8 Å². The van der Waals surface area contributed by atoms with Crippen molar-refractivity contribution in [2.45, 2.75) is 23.6 Å². The molecule has 0 unspecified atom stereocenters. The van der Waals surface area contributed by atoms with Crippen LogP contribution in [-0.4, -0.2) is 77.8 Å². The topological polar surface area (TPSA) is 299 Å². The van der Waals surface area contributed by atoms with Crippen molar-refractivity contribution in [3.8, 4) is 11.5 Å². The molecule has 0 aromatic heterocycles. The first-order valence-corrected chi connectivity index (χ1v) is 17.9. The van der Waals surface area contributed by atoms with E-state index in [0.717, 1.165) is 21.2 Å². The fourth-order valence-electron chi connectivity index (χ4n) is 3.33. The zero-order valence-corrected chi connectivity index (χ0v) is 30.6. The summed E-state index contributed by atoms with van der Waals surface area (Å²) in [6.07, 6.45) is 2.75. The molecule has 4 aromatic rings. The van der Waals surface area contributed by atoms with E-state index in [9.17, 15) is 16.8 Å². The lowest BCUT2D eigenvalue weighted by Gasteiger charge is -2.05. The summed E-state index contributed by atoms with van der Waals surface area (Å²) in [7, 11) is -8.04. The summed E-state index contributed by atoms with van der Waals surface area (Å²) >= 11 is 3.29. The van der Waals surface area contributed by atoms with Crippen molar-refractivity contribution in [2.75, 3.05) is 6.79 Å². The minimum atomic E-state index is -4.02. The maximum Gasteiger partial charge on any atom is 0.294 e. The van der Waals surface area contributed by atoms with E-state index in [1.165, 1.54) is 36.7 Å². The Morgan fingerprint density at radius 1 is 0.692 bits per heavy atom. The third kappa shape index (κ3) is 15.6. The van der Waals surface area contributed by atoms with Gasteiger partial charge in [0, 0.05) is 4.47 Å². The van der Waals surface area contributed by atoms with Gasteiger partial charge in [-0.15, -0.1) is 10.3 Å². The van der Waals surface area contributed by atoms with Gasteiger partial charge < -0.3 is 20.9 Å². The predicted molar refractivity (Wildman–Crippen MR) is 195 cm³/mol. The summed E-state index contributed by atoms with van der Waals surface area (Å²) in [5, 5.41) is 39.3. The maximum absolute atomic E-state index is 10.5. The van der Waals surface area contributed by atoms with Gasteiger partial charge in [0.25, 0.3) is 20.2 Å². The minimum absolute atomic E-state index is 0.0666. The van der Waals surface area contributed by atoms with Crippen molar-refractivity contribution in [2.24, 2.45) is 21.7 Å². The van der Waals surface area contributed by atoms with Crippen LogP contribution in [0.4, 0.5) is 0 Å². The van der Waals surface area contributed by atoms with Gasteiger partial charge in [-0.2, -0.15) is 27.0 Å².